The van der Waals surface area contributed by atoms with Crippen LogP contribution in [0.15, 0.2) is 11.1 Å². The van der Waals surface area contributed by atoms with Crippen LogP contribution in [0.1, 0.15) is 6.92 Å². The SMILES string of the molecule is CC(S)=CN. The third kappa shape index (κ3) is 3.89. The van der Waals surface area contributed by atoms with Gasteiger partial charge >= 0.3 is 0 Å². The van der Waals surface area contributed by atoms with E-state index < -0.39 is 0 Å². The summed E-state index contributed by atoms with van der Waals surface area (Å²) >= 11 is 3.83. The van der Waals surface area contributed by atoms with Gasteiger partial charge in [0.05, 0.1) is 0 Å². The van der Waals surface area contributed by atoms with Gasteiger partial charge in [0.2, 0.25) is 0 Å². The van der Waals surface area contributed by atoms with Crippen molar-refractivity contribution in [1.29, 1.82) is 0 Å². The first-order valence-corrected chi connectivity index (χ1v) is 1.79. The molecule has 1 nitrogen and oxygen atoms in total. The van der Waals surface area contributed by atoms with E-state index in [0.29, 0.717) is 0 Å². The topological polar surface area (TPSA) is 26.0 Å². The fourth-order valence-corrected chi connectivity index (χ4v) is 0. The molecule has 0 aromatic heterocycles. The van der Waals surface area contributed by atoms with Gasteiger partial charge in [0.25, 0.3) is 0 Å². The molecule has 0 saturated carbocycles. The summed E-state index contributed by atoms with van der Waals surface area (Å²) < 4.78 is 0. The maximum Gasteiger partial charge on any atom is 0.00291 e. The molecule has 0 aromatic rings. The summed E-state index contributed by atoms with van der Waals surface area (Å²) in [6.07, 6.45) is 1.45. The Morgan fingerprint density at radius 2 is 2.20 bits per heavy atom. The minimum absolute atomic E-state index is 0.852. The highest BCUT2D eigenvalue weighted by molar-refractivity contribution is 7.84. The first-order valence-electron chi connectivity index (χ1n) is 1.35. The molecule has 0 radical (unpaired) electrons. The number of rotatable bonds is 0. The minimum Gasteiger partial charge on any atom is -0.404 e. The molecular weight excluding hydrogens is 82.1 g/mol. The maximum absolute atomic E-state index is 4.93. The highest BCUT2D eigenvalue weighted by Gasteiger charge is 1.62. The average Bonchev–Trinajstić information content (AvgIpc) is 1.38. The van der Waals surface area contributed by atoms with Gasteiger partial charge < -0.3 is 5.73 Å². The highest BCUT2D eigenvalue weighted by Crippen LogP contribution is 1.89. The maximum atomic E-state index is 4.93. The Hall–Kier alpha value is -0.110. The molecule has 2 heteroatoms. The molecule has 0 fully saturated rings. The summed E-state index contributed by atoms with van der Waals surface area (Å²) in [5.41, 5.74) is 4.93. The van der Waals surface area contributed by atoms with Crippen molar-refractivity contribution in [3.8, 4) is 0 Å². The number of nitrogens with two attached hydrogens (primary N) is 1. The van der Waals surface area contributed by atoms with Crippen LogP contribution in [0.4, 0.5) is 0 Å². The Kier molecular flexibility index (Phi) is 2.10. The lowest BCUT2D eigenvalue weighted by atomic mass is 10.7. The zero-order chi connectivity index (χ0) is 4.28. The molecular formula is C3H7NS. The molecule has 0 amide bonds. The van der Waals surface area contributed by atoms with E-state index in [1.165, 1.54) is 6.20 Å². The largest absolute Gasteiger partial charge is 0.404 e. The molecule has 0 unspecified atom stereocenters. The Morgan fingerprint density at radius 1 is 2.00 bits per heavy atom. The predicted molar refractivity (Wildman–Crippen MR) is 26.9 cm³/mol. The first-order chi connectivity index (χ1) is 2.27. The van der Waals surface area contributed by atoms with E-state index >= 15 is 0 Å². The molecule has 0 heterocycles. The summed E-state index contributed by atoms with van der Waals surface area (Å²) in [6, 6.07) is 0. The van der Waals surface area contributed by atoms with Crippen molar-refractivity contribution >= 4 is 12.6 Å². The molecule has 2 N–H and O–H groups in total. The van der Waals surface area contributed by atoms with Crippen LogP contribution in [0.2, 0.25) is 0 Å². The second-order valence-corrected chi connectivity index (χ2v) is 1.51. The Labute approximate surface area is 37.3 Å². The highest BCUT2D eigenvalue weighted by atomic mass is 32.1. The number of thiol groups is 1. The van der Waals surface area contributed by atoms with E-state index in [2.05, 4.69) is 12.6 Å². The van der Waals surface area contributed by atoms with Crippen LogP contribution in [0.25, 0.3) is 0 Å². The molecule has 0 aliphatic heterocycles. The lowest BCUT2D eigenvalue weighted by Gasteiger charge is -1.73. The number of hydrogen-bond acceptors (Lipinski definition) is 2. The average molecular weight is 89.2 g/mol. The normalized spacial score (nSPS) is 12.0. The molecule has 0 aliphatic rings. The molecule has 30 valence electrons. The molecule has 0 aliphatic carbocycles. The van der Waals surface area contributed by atoms with Crippen molar-refractivity contribution < 1.29 is 0 Å². The Balaban J connectivity index is 3.14. The van der Waals surface area contributed by atoms with E-state index in [9.17, 15) is 0 Å². The van der Waals surface area contributed by atoms with Crippen LogP contribution < -0.4 is 5.73 Å². The monoisotopic (exact) mass is 89.0 g/mol. The van der Waals surface area contributed by atoms with Crippen molar-refractivity contribution in [2.24, 2.45) is 5.73 Å². The zero-order valence-electron chi connectivity index (χ0n) is 3.10. The molecule has 0 saturated heterocycles. The molecule has 5 heavy (non-hydrogen) atoms. The summed E-state index contributed by atoms with van der Waals surface area (Å²) in [5, 5.41) is 0. The van der Waals surface area contributed by atoms with Crippen molar-refractivity contribution in [3.05, 3.63) is 11.1 Å². The zero-order valence-corrected chi connectivity index (χ0v) is 4.00. The second kappa shape index (κ2) is 2.15. The fourth-order valence-electron chi connectivity index (χ4n) is 0. The smallest absolute Gasteiger partial charge is 0.00291 e. The number of allylic oxidation sites excluding steroid dienone is 1. The van der Waals surface area contributed by atoms with Gasteiger partial charge in [-0.1, -0.05) is 0 Å². The van der Waals surface area contributed by atoms with Gasteiger partial charge in [0.1, 0.15) is 0 Å². The van der Waals surface area contributed by atoms with Gasteiger partial charge in [-0.25, -0.2) is 0 Å². The van der Waals surface area contributed by atoms with Crippen LogP contribution in [-0.4, -0.2) is 0 Å². The molecule has 0 atom stereocenters. The summed E-state index contributed by atoms with van der Waals surface area (Å²) in [4.78, 5) is 0.852. The molecule has 0 bridgehead atoms. The van der Waals surface area contributed by atoms with E-state index in [-0.39, 0.29) is 0 Å². The quantitative estimate of drug-likeness (QED) is 0.420. The first kappa shape index (κ1) is 4.89. The van der Waals surface area contributed by atoms with Crippen molar-refractivity contribution in [3.63, 3.8) is 0 Å². The van der Waals surface area contributed by atoms with Gasteiger partial charge in [-0.05, 0) is 11.8 Å². The van der Waals surface area contributed by atoms with Crippen molar-refractivity contribution in [2.45, 2.75) is 6.92 Å². The van der Waals surface area contributed by atoms with Crippen LogP contribution in [-0.2, 0) is 0 Å². The van der Waals surface area contributed by atoms with Crippen molar-refractivity contribution in [1.82, 2.24) is 0 Å². The van der Waals surface area contributed by atoms with Gasteiger partial charge in [-0.2, -0.15) is 0 Å². The van der Waals surface area contributed by atoms with E-state index in [1.54, 1.807) is 0 Å². The van der Waals surface area contributed by atoms with E-state index in [0.717, 1.165) is 4.91 Å². The Bertz CT molecular complexity index is 44.9. The summed E-state index contributed by atoms with van der Waals surface area (Å²) in [7, 11) is 0. The van der Waals surface area contributed by atoms with Gasteiger partial charge in [0, 0.05) is 6.20 Å². The van der Waals surface area contributed by atoms with Crippen LogP contribution in [0, 0.1) is 0 Å². The van der Waals surface area contributed by atoms with Crippen LogP contribution in [0.3, 0.4) is 0 Å². The molecule has 0 spiro atoms. The van der Waals surface area contributed by atoms with Gasteiger partial charge in [-0.15, -0.1) is 12.6 Å². The summed E-state index contributed by atoms with van der Waals surface area (Å²) in [5.74, 6) is 0. The third-order valence-electron chi connectivity index (χ3n) is 0.241. The lowest BCUT2D eigenvalue weighted by molar-refractivity contribution is 1.53. The van der Waals surface area contributed by atoms with Crippen LogP contribution >= 0.6 is 12.6 Å². The Morgan fingerprint density at radius 3 is 2.20 bits per heavy atom. The molecule has 0 aromatic carbocycles. The fraction of sp³-hybridized carbons (Fsp3) is 0.333. The standard InChI is InChI=1S/C3H7NS/c1-3(5)2-4/h2,5H,4H2,1H3. The number of hydrogen-bond donors (Lipinski definition) is 2. The molecule has 0 rings (SSSR count). The van der Waals surface area contributed by atoms with Crippen molar-refractivity contribution in [2.75, 3.05) is 0 Å². The van der Waals surface area contributed by atoms with E-state index in [1.807, 2.05) is 6.92 Å². The predicted octanol–water partition coefficient (Wildman–Crippen LogP) is 0.736. The van der Waals surface area contributed by atoms with Crippen LogP contribution in [0.5, 0.6) is 0 Å². The van der Waals surface area contributed by atoms with E-state index in [4.69, 9.17) is 5.73 Å². The minimum atomic E-state index is 0.852. The third-order valence-corrected chi connectivity index (χ3v) is 0.390. The lowest BCUT2D eigenvalue weighted by Crippen LogP contribution is -1.75. The van der Waals surface area contributed by atoms with Gasteiger partial charge in [0.15, 0.2) is 0 Å². The van der Waals surface area contributed by atoms with Gasteiger partial charge in [-0.3, -0.25) is 0 Å². The second-order valence-electron chi connectivity index (χ2n) is 0.808. The summed E-state index contributed by atoms with van der Waals surface area (Å²) in [6.45, 7) is 1.82.